The van der Waals surface area contributed by atoms with Crippen LogP contribution in [0.3, 0.4) is 0 Å². The van der Waals surface area contributed by atoms with Gasteiger partial charge in [0.05, 0.1) is 23.9 Å². The lowest BCUT2D eigenvalue weighted by molar-refractivity contribution is -0.128. The first-order valence-corrected chi connectivity index (χ1v) is 10.00. The molecule has 2 amide bonds. The number of pyridine rings is 1. The Labute approximate surface area is 174 Å². The van der Waals surface area contributed by atoms with Crippen molar-refractivity contribution in [2.45, 2.75) is 18.9 Å². The molecule has 30 heavy (non-hydrogen) atoms. The van der Waals surface area contributed by atoms with E-state index in [4.69, 9.17) is 5.73 Å². The van der Waals surface area contributed by atoms with E-state index in [1.54, 1.807) is 12.4 Å². The monoisotopic (exact) mass is 404 g/mol. The molecule has 154 valence electrons. The molecule has 0 spiro atoms. The van der Waals surface area contributed by atoms with Crippen LogP contribution >= 0.6 is 0 Å². The Morgan fingerprint density at radius 2 is 2.00 bits per heavy atom. The highest BCUT2D eigenvalue weighted by atomic mass is 16.2. The SMILES string of the molecule is NC(=O)C(Cc1ccccc1)NC(=O)CN1CCC2=NN=C(c3cccnc3)C2C1. The fourth-order valence-electron chi connectivity index (χ4n) is 3.89. The van der Waals surface area contributed by atoms with Crippen molar-refractivity contribution in [3.8, 4) is 0 Å². The van der Waals surface area contributed by atoms with E-state index in [-0.39, 0.29) is 18.4 Å². The molecule has 2 aliphatic heterocycles. The van der Waals surface area contributed by atoms with Crippen LogP contribution in [0.1, 0.15) is 17.5 Å². The quantitative estimate of drug-likeness (QED) is 0.710. The zero-order valence-corrected chi connectivity index (χ0v) is 16.6. The summed E-state index contributed by atoms with van der Waals surface area (Å²) < 4.78 is 0. The number of nitrogens with one attached hydrogen (secondary N) is 1. The van der Waals surface area contributed by atoms with Crippen molar-refractivity contribution >= 4 is 23.2 Å². The van der Waals surface area contributed by atoms with E-state index >= 15 is 0 Å². The van der Waals surface area contributed by atoms with Gasteiger partial charge in [0.25, 0.3) is 0 Å². The summed E-state index contributed by atoms with van der Waals surface area (Å²) in [6.45, 7) is 1.57. The van der Waals surface area contributed by atoms with Crippen LogP contribution in [0.4, 0.5) is 0 Å². The summed E-state index contributed by atoms with van der Waals surface area (Å²) in [6.07, 6.45) is 4.64. The number of fused-ring (bicyclic) bond motifs is 1. The molecule has 0 aliphatic carbocycles. The number of hydrogen-bond acceptors (Lipinski definition) is 6. The second-order valence-corrected chi connectivity index (χ2v) is 7.57. The first-order valence-electron chi connectivity index (χ1n) is 10.00. The van der Waals surface area contributed by atoms with Crippen molar-refractivity contribution in [3.05, 3.63) is 66.0 Å². The van der Waals surface area contributed by atoms with E-state index in [2.05, 4.69) is 25.4 Å². The third kappa shape index (κ3) is 4.60. The van der Waals surface area contributed by atoms with Crippen molar-refractivity contribution in [2.24, 2.45) is 21.9 Å². The Morgan fingerprint density at radius 1 is 1.17 bits per heavy atom. The van der Waals surface area contributed by atoms with E-state index in [9.17, 15) is 9.59 Å². The highest BCUT2D eigenvalue weighted by Gasteiger charge is 2.34. The predicted molar refractivity (Wildman–Crippen MR) is 114 cm³/mol. The smallest absolute Gasteiger partial charge is 0.240 e. The number of rotatable bonds is 7. The number of nitrogens with zero attached hydrogens (tertiary/aromatic N) is 4. The lowest BCUT2D eigenvalue weighted by atomic mass is 9.89. The second-order valence-electron chi connectivity index (χ2n) is 7.57. The number of aromatic nitrogens is 1. The predicted octanol–water partition coefficient (Wildman–Crippen LogP) is 0.775. The van der Waals surface area contributed by atoms with Crippen molar-refractivity contribution in [3.63, 3.8) is 0 Å². The number of primary amides is 1. The summed E-state index contributed by atoms with van der Waals surface area (Å²) in [7, 11) is 0. The molecule has 0 saturated carbocycles. The Bertz CT molecular complexity index is 974. The molecular formula is C22H24N6O2. The number of amides is 2. The first-order chi connectivity index (χ1) is 14.6. The van der Waals surface area contributed by atoms with E-state index in [0.717, 1.165) is 35.5 Å². The molecule has 4 rings (SSSR count). The fraction of sp³-hybridized carbons (Fsp3) is 0.318. The van der Waals surface area contributed by atoms with E-state index in [1.165, 1.54) is 0 Å². The molecule has 1 aromatic carbocycles. The Morgan fingerprint density at radius 3 is 2.73 bits per heavy atom. The first kappa shape index (κ1) is 19.9. The van der Waals surface area contributed by atoms with Crippen LogP contribution in [0.25, 0.3) is 0 Å². The van der Waals surface area contributed by atoms with Crippen molar-refractivity contribution in [2.75, 3.05) is 19.6 Å². The lowest BCUT2D eigenvalue weighted by Gasteiger charge is -2.31. The molecule has 2 unspecified atom stereocenters. The standard InChI is InChI=1S/C22H24N6O2/c23-22(30)19(11-15-5-2-1-3-6-15)25-20(29)14-28-10-8-18-17(13-28)21(27-26-18)16-7-4-9-24-12-16/h1-7,9,12,17,19H,8,10-11,13-14H2,(H2,23,30)(H,25,29). The minimum absolute atomic E-state index is 0.0620. The number of piperidine rings is 1. The highest BCUT2D eigenvalue weighted by molar-refractivity contribution is 6.18. The van der Waals surface area contributed by atoms with Gasteiger partial charge in [-0.25, -0.2) is 0 Å². The number of hydrogen-bond donors (Lipinski definition) is 2. The molecule has 8 nitrogen and oxygen atoms in total. The van der Waals surface area contributed by atoms with Gasteiger partial charge in [-0.15, -0.1) is 0 Å². The number of likely N-dealkylation sites (tertiary alicyclic amines) is 1. The zero-order valence-electron chi connectivity index (χ0n) is 16.6. The summed E-state index contributed by atoms with van der Waals surface area (Å²) in [6, 6.07) is 12.6. The van der Waals surface area contributed by atoms with Gasteiger partial charge >= 0.3 is 0 Å². The molecule has 8 heteroatoms. The van der Waals surface area contributed by atoms with E-state index in [1.807, 2.05) is 42.5 Å². The maximum Gasteiger partial charge on any atom is 0.240 e. The van der Waals surface area contributed by atoms with Gasteiger partial charge in [-0.2, -0.15) is 10.2 Å². The average molecular weight is 404 g/mol. The van der Waals surface area contributed by atoms with Crippen molar-refractivity contribution < 1.29 is 9.59 Å². The molecule has 1 fully saturated rings. The van der Waals surface area contributed by atoms with Crippen LogP contribution in [0.2, 0.25) is 0 Å². The molecule has 1 aromatic heterocycles. The number of benzene rings is 1. The Balaban J connectivity index is 1.36. The molecule has 3 heterocycles. The lowest BCUT2D eigenvalue weighted by Crippen LogP contribution is -2.51. The number of nitrogens with two attached hydrogens (primary N) is 1. The minimum Gasteiger partial charge on any atom is -0.368 e. The van der Waals surface area contributed by atoms with Gasteiger partial charge in [-0.3, -0.25) is 19.5 Å². The van der Waals surface area contributed by atoms with E-state index in [0.29, 0.717) is 13.0 Å². The van der Waals surface area contributed by atoms with E-state index < -0.39 is 11.9 Å². The molecule has 0 radical (unpaired) electrons. The molecule has 0 bridgehead atoms. The summed E-state index contributed by atoms with van der Waals surface area (Å²) >= 11 is 0. The van der Waals surface area contributed by atoms with Crippen LogP contribution in [0.5, 0.6) is 0 Å². The van der Waals surface area contributed by atoms with Crippen LogP contribution < -0.4 is 11.1 Å². The van der Waals surface area contributed by atoms with Crippen molar-refractivity contribution in [1.29, 1.82) is 0 Å². The van der Waals surface area contributed by atoms with Crippen LogP contribution in [-0.4, -0.2) is 58.8 Å². The molecule has 2 aliphatic rings. The van der Waals surface area contributed by atoms with Gasteiger partial charge in [0.2, 0.25) is 11.8 Å². The highest BCUT2D eigenvalue weighted by Crippen LogP contribution is 2.24. The largest absolute Gasteiger partial charge is 0.368 e. The van der Waals surface area contributed by atoms with Gasteiger partial charge in [0.1, 0.15) is 6.04 Å². The third-order valence-electron chi connectivity index (χ3n) is 5.43. The average Bonchev–Trinajstić information content (AvgIpc) is 3.18. The van der Waals surface area contributed by atoms with Crippen LogP contribution in [0.15, 0.2) is 65.1 Å². The number of carbonyl (C=O) groups excluding carboxylic acids is 2. The Kier molecular flexibility index (Phi) is 5.94. The second kappa shape index (κ2) is 8.96. The van der Waals surface area contributed by atoms with Gasteiger partial charge in [-0.05, 0) is 17.7 Å². The van der Waals surface area contributed by atoms with Crippen LogP contribution in [0, 0.1) is 5.92 Å². The van der Waals surface area contributed by atoms with Gasteiger partial charge in [0.15, 0.2) is 0 Å². The minimum atomic E-state index is -0.735. The molecule has 3 N–H and O–H groups in total. The number of carbonyl (C=O) groups is 2. The molecular weight excluding hydrogens is 380 g/mol. The normalized spacial score (nSPS) is 19.4. The summed E-state index contributed by atoms with van der Waals surface area (Å²) in [4.78, 5) is 30.7. The maximum absolute atomic E-state index is 12.6. The molecule has 2 atom stereocenters. The fourth-order valence-corrected chi connectivity index (χ4v) is 3.89. The summed E-state index contributed by atoms with van der Waals surface area (Å²) in [5.74, 6) is -0.693. The molecule has 2 aromatic rings. The topological polar surface area (TPSA) is 113 Å². The molecule has 1 saturated heterocycles. The maximum atomic E-state index is 12.6. The Hall–Kier alpha value is -3.39. The summed E-state index contributed by atoms with van der Waals surface area (Å²) in [5.41, 5.74) is 9.35. The van der Waals surface area contributed by atoms with Gasteiger partial charge in [-0.1, -0.05) is 30.3 Å². The third-order valence-corrected chi connectivity index (χ3v) is 5.43. The van der Waals surface area contributed by atoms with Crippen LogP contribution in [-0.2, 0) is 16.0 Å². The zero-order chi connectivity index (χ0) is 20.9. The van der Waals surface area contributed by atoms with Crippen molar-refractivity contribution in [1.82, 2.24) is 15.2 Å². The van der Waals surface area contributed by atoms with Gasteiger partial charge < -0.3 is 11.1 Å². The van der Waals surface area contributed by atoms with Gasteiger partial charge in [0, 0.05) is 43.9 Å². The summed E-state index contributed by atoms with van der Waals surface area (Å²) in [5, 5.41) is 11.5.